The third kappa shape index (κ3) is 3.03. The van der Waals surface area contributed by atoms with E-state index in [0.29, 0.717) is 6.04 Å². The van der Waals surface area contributed by atoms with E-state index in [-0.39, 0.29) is 0 Å². The molecule has 1 atom stereocenters. The summed E-state index contributed by atoms with van der Waals surface area (Å²) in [6.45, 7) is 4.38. The first-order valence-electron chi connectivity index (χ1n) is 5.10. The van der Waals surface area contributed by atoms with Gasteiger partial charge in [0.2, 0.25) is 0 Å². The van der Waals surface area contributed by atoms with Gasteiger partial charge in [-0.25, -0.2) is 0 Å². The SMILES string of the molecule is CCSCC(NC)c1ccccc1C. The molecule has 0 aliphatic rings. The minimum absolute atomic E-state index is 0.487. The number of hydrogen-bond acceptors (Lipinski definition) is 2. The van der Waals surface area contributed by atoms with Crippen LogP contribution in [0.4, 0.5) is 0 Å². The average molecular weight is 209 g/mol. The van der Waals surface area contributed by atoms with E-state index in [1.807, 2.05) is 18.8 Å². The molecule has 0 fully saturated rings. The molecule has 14 heavy (non-hydrogen) atoms. The van der Waals surface area contributed by atoms with Gasteiger partial charge in [0.15, 0.2) is 0 Å². The summed E-state index contributed by atoms with van der Waals surface area (Å²) in [6, 6.07) is 9.09. The van der Waals surface area contributed by atoms with Gasteiger partial charge in [-0.15, -0.1) is 0 Å². The summed E-state index contributed by atoms with van der Waals surface area (Å²) in [4.78, 5) is 0. The van der Waals surface area contributed by atoms with Crippen LogP contribution in [0.3, 0.4) is 0 Å². The average Bonchev–Trinajstić information content (AvgIpc) is 2.21. The Morgan fingerprint density at radius 2 is 2.07 bits per heavy atom. The minimum atomic E-state index is 0.487. The number of aryl methyl sites for hydroxylation is 1. The summed E-state index contributed by atoms with van der Waals surface area (Å²) in [5.41, 5.74) is 2.81. The summed E-state index contributed by atoms with van der Waals surface area (Å²) < 4.78 is 0. The Morgan fingerprint density at radius 3 is 2.64 bits per heavy atom. The van der Waals surface area contributed by atoms with Crippen LogP contribution in [0.2, 0.25) is 0 Å². The molecular formula is C12H19NS. The van der Waals surface area contributed by atoms with Gasteiger partial charge in [0, 0.05) is 11.8 Å². The molecule has 0 aromatic heterocycles. The van der Waals surface area contributed by atoms with Crippen molar-refractivity contribution in [3.05, 3.63) is 35.4 Å². The summed E-state index contributed by atoms with van der Waals surface area (Å²) in [6.07, 6.45) is 0. The van der Waals surface area contributed by atoms with Crippen LogP contribution >= 0.6 is 11.8 Å². The lowest BCUT2D eigenvalue weighted by molar-refractivity contribution is 0.658. The van der Waals surface area contributed by atoms with E-state index in [9.17, 15) is 0 Å². The predicted octanol–water partition coefficient (Wildman–Crippen LogP) is 3.01. The topological polar surface area (TPSA) is 12.0 Å². The predicted molar refractivity (Wildman–Crippen MR) is 66.0 cm³/mol. The molecule has 1 aromatic rings. The van der Waals surface area contributed by atoms with Crippen molar-refractivity contribution < 1.29 is 0 Å². The highest BCUT2D eigenvalue weighted by atomic mass is 32.2. The molecule has 0 radical (unpaired) electrons. The number of thioether (sulfide) groups is 1. The van der Waals surface area contributed by atoms with Crippen molar-refractivity contribution in [1.82, 2.24) is 5.32 Å². The normalized spacial score (nSPS) is 12.8. The van der Waals surface area contributed by atoms with Crippen molar-refractivity contribution in [2.24, 2.45) is 0 Å². The third-order valence-electron chi connectivity index (χ3n) is 2.40. The monoisotopic (exact) mass is 209 g/mol. The van der Waals surface area contributed by atoms with Crippen LogP contribution in [0, 0.1) is 6.92 Å². The molecule has 0 aliphatic carbocycles. The zero-order valence-electron chi connectivity index (χ0n) is 9.21. The molecule has 0 bridgehead atoms. The quantitative estimate of drug-likeness (QED) is 0.800. The van der Waals surface area contributed by atoms with E-state index in [4.69, 9.17) is 0 Å². The molecule has 0 aliphatic heterocycles. The van der Waals surface area contributed by atoms with Gasteiger partial charge in [-0.05, 0) is 30.9 Å². The van der Waals surface area contributed by atoms with Gasteiger partial charge >= 0.3 is 0 Å². The Kier molecular flexibility index (Phi) is 5.05. The first kappa shape index (κ1) is 11.6. The van der Waals surface area contributed by atoms with Crippen LogP contribution in [0.5, 0.6) is 0 Å². The molecule has 0 amide bonds. The van der Waals surface area contributed by atoms with Crippen LogP contribution in [-0.2, 0) is 0 Å². The highest BCUT2D eigenvalue weighted by Gasteiger charge is 2.10. The summed E-state index contributed by atoms with van der Waals surface area (Å²) in [7, 11) is 2.04. The van der Waals surface area contributed by atoms with Gasteiger partial charge in [0.1, 0.15) is 0 Å². The van der Waals surface area contributed by atoms with Crippen molar-refractivity contribution in [2.45, 2.75) is 19.9 Å². The number of hydrogen-bond donors (Lipinski definition) is 1. The lowest BCUT2D eigenvalue weighted by Crippen LogP contribution is -2.19. The van der Waals surface area contributed by atoms with Gasteiger partial charge in [-0.2, -0.15) is 11.8 Å². The van der Waals surface area contributed by atoms with Crippen LogP contribution < -0.4 is 5.32 Å². The fourth-order valence-corrected chi connectivity index (χ4v) is 2.36. The first-order chi connectivity index (χ1) is 6.79. The molecule has 0 saturated heterocycles. The van der Waals surface area contributed by atoms with E-state index < -0.39 is 0 Å². The highest BCUT2D eigenvalue weighted by Crippen LogP contribution is 2.20. The first-order valence-corrected chi connectivity index (χ1v) is 6.25. The molecule has 1 rings (SSSR count). The number of benzene rings is 1. The van der Waals surface area contributed by atoms with Gasteiger partial charge in [0.25, 0.3) is 0 Å². The Morgan fingerprint density at radius 1 is 1.36 bits per heavy atom. The van der Waals surface area contributed by atoms with Crippen molar-refractivity contribution in [1.29, 1.82) is 0 Å². The second kappa shape index (κ2) is 6.10. The molecule has 0 heterocycles. The standard InChI is InChI=1S/C12H19NS/c1-4-14-9-12(13-3)11-8-6-5-7-10(11)2/h5-8,12-13H,4,9H2,1-3H3. The van der Waals surface area contributed by atoms with Gasteiger partial charge in [-0.3, -0.25) is 0 Å². The Labute approximate surface area is 91.3 Å². The highest BCUT2D eigenvalue weighted by molar-refractivity contribution is 7.99. The molecule has 0 saturated carbocycles. The molecule has 1 aromatic carbocycles. The summed E-state index contributed by atoms with van der Waals surface area (Å²) in [5.74, 6) is 2.34. The van der Waals surface area contributed by atoms with Gasteiger partial charge < -0.3 is 5.32 Å². The van der Waals surface area contributed by atoms with Crippen LogP contribution in [0.25, 0.3) is 0 Å². The molecule has 0 spiro atoms. The Balaban J connectivity index is 2.73. The lowest BCUT2D eigenvalue weighted by Gasteiger charge is -2.18. The molecule has 1 nitrogen and oxygen atoms in total. The van der Waals surface area contributed by atoms with E-state index in [0.717, 1.165) is 5.75 Å². The van der Waals surface area contributed by atoms with Crippen LogP contribution in [0.15, 0.2) is 24.3 Å². The van der Waals surface area contributed by atoms with Gasteiger partial charge in [-0.1, -0.05) is 31.2 Å². The van der Waals surface area contributed by atoms with E-state index >= 15 is 0 Å². The molecule has 78 valence electrons. The van der Waals surface area contributed by atoms with Crippen LogP contribution in [-0.4, -0.2) is 18.6 Å². The maximum absolute atomic E-state index is 3.37. The minimum Gasteiger partial charge on any atom is -0.312 e. The molecule has 1 N–H and O–H groups in total. The molecular weight excluding hydrogens is 190 g/mol. The molecule has 1 unspecified atom stereocenters. The third-order valence-corrected chi connectivity index (χ3v) is 3.38. The van der Waals surface area contributed by atoms with Crippen molar-refractivity contribution >= 4 is 11.8 Å². The molecule has 2 heteroatoms. The van der Waals surface area contributed by atoms with Gasteiger partial charge in [0.05, 0.1) is 0 Å². The fraction of sp³-hybridized carbons (Fsp3) is 0.500. The number of nitrogens with one attached hydrogen (secondary N) is 1. The Hall–Kier alpha value is -0.470. The second-order valence-electron chi connectivity index (χ2n) is 3.36. The van der Waals surface area contributed by atoms with Crippen LogP contribution in [0.1, 0.15) is 24.1 Å². The smallest absolute Gasteiger partial charge is 0.0412 e. The fourth-order valence-electron chi connectivity index (χ4n) is 1.54. The lowest BCUT2D eigenvalue weighted by atomic mass is 10.0. The largest absolute Gasteiger partial charge is 0.312 e. The Bertz CT molecular complexity index is 273. The van der Waals surface area contributed by atoms with Crippen molar-refractivity contribution in [2.75, 3.05) is 18.6 Å². The van der Waals surface area contributed by atoms with Crippen molar-refractivity contribution in [3.63, 3.8) is 0 Å². The van der Waals surface area contributed by atoms with E-state index in [1.54, 1.807) is 0 Å². The zero-order valence-corrected chi connectivity index (χ0v) is 10.0. The maximum atomic E-state index is 3.37. The second-order valence-corrected chi connectivity index (χ2v) is 4.68. The maximum Gasteiger partial charge on any atom is 0.0412 e. The van der Waals surface area contributed by atoms with E-state index in [1.165, 1.54) is 16.9 Å². The number of rotatable bonds is 5. The van der Waals surface area contributed by atoms with E-state index in [2.05, 4.69) is 43.4 Å². The summed E-state index contributed by atoms with van der Waals surface area (Å²) >= 11 is 1.98. The summed E-state index contributed by atoms with van der Waals surface area (Å²) in [5, 5.41) is 3.37. The van der Waals surface area contributed by atoms with Crippen molar-refractivity contribution in [3.8, 4) is 0 Å². The zero-order chi connectivity index (χ0) is 10.4.